The van der Waals surface area contributed by atoms with Crippen molar-refractivity contribution in [2.75, 3.05) is 0 Å². The zero-order valence-electron chi connectivity index (χ0n) is 14.8. The van der Waals surface area contributed by atoms with Gasteiger partial charge in [-0.2, -0.15) is 0 Å². The highest BCUT2D eigenvalue weighted by Crippen LogP contribution is 2.32. The Morgan fingerprint density at radius 3 is 2.17 bits per heavy atom. The summed E-state index contributed by atoms with van der Waals surface area (Å²) in [5.74, 6) is -0.318. The lowest BCUT2D eigenvalue weighted by molar-refractivity contribution is -0.127. The van der Waals surface area contributed by atoms with Crippen LogP contribution >= 0.6 is 0 Å². The first-order chi connectivity index (χ1) is 11.3. The largest absolute Gasteiger partial charge is 0.299 e. The highest BCUT2D eigenvalue weighted by molar-refractivity contribution is 6.00. The number of hydrogen-bond acceptors (Lipinski definition) is 3. The van der Waals surface area contributed by atoms with Crippen molar-refractivity contribution in [3.63, 3.8) is 0 Å². The van der Waals surface area contributed by atoms with Gasteiger partial charge >= 0.3 is 0 Å². The van der Waals surface area contributed by atoms with Crippen molar-refractivity contribution in [2.24, 2.45) is 11.3 Å². The van der Waals surface area contributed by atoms with Gasteiger partial charge in [-0.25, -0.2) is 0 Å². The van der Waals surface area contributed by atoms with E-state index in [4.69, 9.17) is 0 Å². The molecule has 0 aliphatic rings. The van der Waals surface area contributed by atoms with Crippen LogP contribution in [0.1, 0.15) is 56.1 Å². The van der Waals surface area contributed by atoms with Crippen molar-refractivity contribution in [1.82, 2.24) is 4.98 Å². The molecule has 0 aliphatic carbocycles. The number of hydrogen-bond donors (Lipinski definition) is 0. The van der Waals surface area contributed by atoms with E-state index in [0.717, 1.165) is 5.56 Å². The fourth-order valence-corrected chi connectivity index (χ4v) is 2.78. The van der Waals surface area contributed by atoms with E-state index in [0.29, 0.717) is 12.1 Å². The molecular formula is C21H25NO2. The highest BCUT2D eigenvalue weighted by atomic mass is 16.1. The van der Waals surface area contributed by atoms with Gasteiger partial charge in [0, 0.05) is 18.0 Å². The molecule has 0 saturated heterocycles. The number of pyridine rings is 1. The van der Waals surface area contributed by atoms with Crippen LogP contribution in [-0.2, 0) is 4.79 Å². The van der Waals surface area contributed by atoms with E-state index >= 15 is 0 Å². The minimum absolute atomic E-state index is 0.0315. The second kappa shape index (κ2) is 7.52. The number of ketones is 2. The second-order valence-corrected chi connectivity index (χ2v) is 7.32. The lowest BCUT2D eigenvalue weighted by Gasteiger charge is -2.25. The van der Waals surface area contributed by atoms with Crippen molar-refractivity contribution in [3.8, 4) is 0 Å². The normalized spacial score (nSPS) is 14.0. The number of Topliss-reactive ketones (excluding diaryl/α,β-unsaturated/α-hetero) is 2. The third kappa shape index (κ3) is 4.38. The van der Waals surface area contributed by atoms with E-state index in [2.05, 4.69) is 4.98 Å². The van der Waals surface area contributed by atoms with E-state index in [1.165, 1.54) is 0 Å². The number of rotatable bonds is 6. The summed E-state index contributed by atoms with van der Waals surface area (Å²) < 4.78 is 0. The van der Waals surface area contributed by atoms with E-state index in [-0.39, 0.29) is 23.4 Å². The Balaban J connectivity index is 2.34. The first-order valence-corrected chi connectivity index (χ1v) is 8.34. The molecule has 2 atom stereocenters. The molecule has 3 heteroatoms. The summed E-state index contributed by atoms with van der Waals surface area (Å²) in [5.41, 5.74) is 0.979. The average Bonchev–Trinajstić information content (AvgIpc) is 2.56. The molecule has 0 saturated carbocycles. The van der Waals surface area contributed by atoms with Gasteiger partial charge in [-0.05, 0) is 23.6 Å². The van der Waals surface area contributed by atoms with Crippen molar-refractivity contribution in [1.29, 1.82) is 0 Å². The van der Waals surface area contributed by atoms with Gasteiger partial charge in [0.25, 0.3) is 0 Å². The molecule has 2 rings (SSSR count). The SMILES string of the molecule is CC(CC(=O)C(C)(C)C)[C@@H](C(=O)c1ccccn1)c1ccccc1. The summed E-state index contributed by atoms with van der Waals surface area (Å²) in [6.45, 7) is 7.72. The van der Waals surface area contributed by atoms with Crippen LogP contribution in [-0.4, -0.2) is 16.6 Å². The minimum Gasteiger partial charge on any atom is -0.299 e. The zero-order valence-corrected chi connectivity index (χ0v) is 14.8. The number of benzene rings is 1. The number of aromatic nitrogens is 1. The van der Waals surface area contributed by atoms with E-state index in [1.807, 2.05) is 64.1 Å². The summed E-state index contributed by atoms with van der Waals surface area (Å²) in [6, 6.07) is 15.0. The van der Waals surface area contributed by atoms with Crippen LogP contribution in [0.3, 0.4) is 0 Å². The summed E-state index contributed by atoms with van der Waals surface area (Å²) in [6.07, 6.45) is 2.00. The molecule has 1 unspecified atom stereocenters. The zero-order chi connectivity index (χ0) is 17.7. The lowest BCUT2D eigenvalue weighted by atomic mass is 9.76. The average molecular weight is 323 g/mol. The quantitative estimate of drug-likeness (QED) is 0.725. The molecule has 1 aromatic carbocycles. The number of carbonyl (C=O) groups is 2. The van der Waals surface area contributed by atoms with Gasteiger partial charge in [0.05, 0.1) is 5.92 Å². The highest BCUT2D eigenvalue weighted by Gasteiger charge is 2.32. The Morgan fingerprint density at radius 2 is 1.62 bits per heavy atom. The maximum absolute atomic E-state index is 13.0. The van der Waals surface area contributed by atoms with Crippen LogP contribution in [0.4, 0.5) is 0 Å². The Labute approximate surface area is 144 Å². The third-order valence-electron chi connectivity index (χ3n) is 4.27. The van der Waals surface area contributed by atoms with Gasteiger partial charge in [0.15, 0.2) is 5.78 Å². The molecule has 0 fully saturated rings. The Kier molecular flexibility index (Phi) is 5.66. The van der Waals surface area contributed by atoms with Crippen LogP contribution in [0.25, 0.3) is 0 Å². The molecule has 24 heavy (non-hydrogen) atoms. The van der Waals surface area contributed by atoms with Gasteiger partial charge in [-0.1, -0.05) is 64.1 Å². The Hall–Kier alpha value is -2.29. The Morgan fingerprint density at radius 1 is 1.00 bits per heavy atom. The standard InChI is InChI=1S/C21H25NO2/c1-15(14-18(23)21(2,3)4)19(16-10-6-5-7-11-16)20(24)17-12-8-9-13-22-17/h5-13,15,19H,14H2,1-4H3/t15?,19-/m1/s1. The molecule has 0 aliphatic heterocycles. The molecule has 0 radical (unpaired) electrons. The molecule has 0 spiro atoms. The summed E-state index contributed by atoms with van der Waals surface area (Å²) in [5, 5.41) is 0. The maximum atomic E-state index is 13.0. The van der Waals surface area contributed by atoms with Gasteiger partial charge in [0.2, 0.25) is 0 Å². The minimum atomic E-state index is -0.399. The Bertz CT molecular complexity index is 687. The summed E-state index contributed by atoms with van der Waals surface area (Å²) in [4.78, 5) is 29.7. The van der Waals surface area contributed by atoms with Crippen LogP contribution in [0, 0.1) is 11.3 Å². The van der Waals surface area contributed by atoms with Gasteiger partial charge in [-0.3, -0.25) is 14.6 Å². The monoisotopic (exact) mass is 323 g/mol. The molecule has 3 nitrogen and oxygen atoms in total. The van der Waals surface area contributed by atoms with Gasteiger partial charge < -0.3 is 0 Å². The van der Waals surface area contributed by atoms with Crippen LogP contribution in [0.5, 0.6) is 0 Å². The van der Waals surface area contributed by atoms with E-state index in [1.54, 1.807) is 18.3 Å². The molecule has 1 heterocycles. The van der Waals surface area contributed by atoms with E-state index < -0.39 is 5.41 Å². The first kappa shape index (κ1) is 18.1. The van der Waals surface area contributed by atoms with Crippen molar-refractivity contribution in [2.45, 2.75) is 40.0 Å². The molecule has 0 bridgehead atoms. The summed E-state index contributed by atoms with van der Waals surface area (Å²) in [7, 11) is 0. The molecule has 2 aromatic rings. The van der Waals surface area contributed by atoms with Crippen molar-refractivity contribution >= 4 is 11.6 Å². The van der Waals surface area contributed by atoms with Crippen LogP contribution in [0.15, 0.2) is 54.7 Å². The lowest BCUT2D eigenvalue weighted by Crippen LogP contribution is -2.28. The van der Waals surface area contributed by atoms with Crippen molar-refractivity contribution in [3.05, 3.63) is 66.0 Å². The topological polar surface area (TPSA) is 47.0 Å². The molecule has 0 amide bonds. The summed E-state index contributed by atoms with van der Waals surface area (Å²) >= 11 is 0. The van der Waals surface area contributed by atoms with Crippen LogP contribution in [0.2, 0.25) is 0 Å². The predicted molar refractivity (Wildman–Crippen MR) is 96.0 cm³/mol. The van der Waals surface area contributed by atoms with Crippen LogP contribution < -0.4 is 0 Å². The molecular weight excluding hydrogens is 298 g/mol. The first-order valence-electron chi connectivity index (χ1n) is 8.34. The maximum Gasteiger partial charge on any atom is 0.188 e. The van der Waals surface area contributed by atoms with E-state index in [9.17, 15) is 9.59 Å². The second-order valence-electron chi connectivity index (χ2n) is 7.32. The number of carbonyl (C=O) groups excluding carboxylic acids is 2. The smallest absolute Gasteiger partial charge is 0.188 e. The predicted octanol–water partition coefficient (Wildman–Crippen LogP) is 4.69. The fraction of sp³-hybridized carbons (Fsp3) is 0.381. The fourth-order valence-electron chi connectivity index (χ4n) is 2.78. The van der Waals surface area contributed by atoms with Crippen molar-refractivity contribution < 1.29 is 9.59 Å². The number of nitrogens with zero attached hydrogens (tertiary/aromatic N) is 1. The van der Waals surface area contributed by atoms with Gasteiger partial charge in [-0.15, -0.1) is 0 Å². The molecule has 1 aromatic heterocycles. The third-order valence-corrected chi connectivity index (χ3v) is 4.27. The van der Waals surface area contributed by atoms with Gasteiger partial charge in [0.1, 0.15) is 11.5 Å². The molecule has 0 N–H and O–H groups in total. The molecule has 126 valence electrons.